The van der Waals surface area contributed by atoms with Crippen molar-refractivity contribution in [2.45, 2.75) is 32.7 Å². The highest BCUT2D eigenvalue weighted by Gasteiger charge is 2.17. The molecular weight excluding hydrogens is 380 g/mol. The predicted molar refractivity (Wildman–Crippen MR) is 128 cm³/mol. The summed E-state index contributed by atoms with van der Waals surface area (Å²) in [6, 6.07) is 28.6. The lowest BCUT2D eigenvalue weighted by atomic mass is 10.0. The van der Waals surface area contributed by atoms with E-state index in [0.717, 1.165) is 47.6 Å². The van der Waals surface area contributed by atoms with Crippen LogP contribution in [0.1, 0.15) is 41.3 Å². The summed E-state index contributed by atoms with van der Waals surface area (Å²) in [6.07, 6.45) is 3.34. The Balaban J connectivity index is 1.73. The second-order valence-corrected chi connectivity index (χ2v) is 8.20. The normalized spacial score (nSPS) is 11.5. The van der Waals surface area contributed by atoms with Gasteiger partial charge < -0.3 is 10.3 Å². The first-order chi connectivity index (χ1) is 15.2. The summed E-state index contributed by atoms with van der Waals surface area (Å²) in [6.45, 7) is 2.93. The molecule has 0 saturated carbocycles. The molecule has 0 fully saturated rings. The average Bonchev–Trinajstić information content (AvgIpc) is 3.10. The Hall–Kier alpha value is -3.59. The van der Waals surface area contributed by atoms with E-state index in [0.29, 0.717) is 5.56 Å². The quantitative estimate of drug-likeness (QED) is 0.357. The number of benzene rings is 4. The number of unbranched alkanes of at least 4 members (excludes halogenated alkanes) is 1. The fraction of sp³-hybridized carbons (Fsp3) is 0.179. The van der Waals surface area contributed by atoms with Crippen LogP contribution in [0, 0.1) is 6.07 Å². The molecule has 1 aromatic heterocycles. The third-order valence-corrected chi connectivity index (χ3v) is 6.09. The molecule has 3 heteroatoms. The SMILES string of the molecule is CCCCc1c[c]c2c3c(C(N)=O)cccc3n(Cc3ccc4ccccc4c3)c2c1. The zero-order valence-corrected chi connectivity index (χ0v) is 17.7. The molecule has 0 spiro atoms. The smallest absolute Gasteiger partial charge is 0.249 e. The van der Waals surface area contributed by atoms with E-state index in [-0.39, 0.29) is 0 Å². The number of amides is 1. The van der Waals surface area contributed by atoms with E-state index in [9.17, 15) is 4.79 Å². The van der Waals surface area contributed by atoms with Crippen molar-refractivity contribution in [3.63, 3.8) is 0 Å². The van der Waals surface area contributed by atoms with E-state index in [2.05, 4.69) is 78.2 Å². The van der Waals surface area contributed by atoms with Crippen LogP contribution in [0.2, 0.25) is 0 Å². The van der Waals surface area contributed by atoms with Crippen LogP contribution in [0.5, 0.6) is 0 Å². The molecule has 4 aromatic carbocycles. The molecule has 0 aliphatic carbocycles. The number of carbonyl (C=O) groups is 1. The second kappa shape index (κ2) is 7.92. The fourth-order valence-corrected chi connectivity index (χ4v) is 4.52. The van der Waals surface area contributed by atoms with Gasteiger partial charge in [-0.2, -0.15) is 0 Å². The molecule has 2 N–H and O–H groups in total. The van der Waals surface area contributed by atoms with Crippen LogP contribution in [0.25, 0.3) is 32.6 Å². The number of hydrogen-bond donors (Lipinski definition) is 1. The van der Waals surface area contributed by atoms with Gasteiger partial charge in [0, 0.05) is 22.9 Å². The van der Waals surface area contributed by atoms with Gasteiger partial charge in [0.25, 0.3) is 0 Å². The summed E-state index contributed by atoms with van der Waals surface area (Å²) >= 11 is 0. The molecule has 1 heterocycles. The van der Waals surface area contributed by atoms with Gasteiger partial charge in [-0.1, -0.05) is 61.9 Å². The lowest BCUT2D eigenvalue weighted by Crippen LogP contribution is -2.11. The van der Waals surface area contributed by atoms with E-state index in [1.54, 1.807) is 0 Å². The van der Waals surface area contributed by atoms with E-state index >= 15 is 0 Å². The van der Waals surface area contributed by atoms with Gasteiger partial charge in [-0.15, -0.1) is 0 Å². The van der Waals surface area contributed by atoms with E-state index in [1.807, 2.05) is 12.1 Å². The van der Waals surface area contributed by atoms with E-state index in [4.69, 9.17) is 5.73 Å². The number of aromatic nitrogens is 1. The van der Waals surface area contributed by atoms with Gasteiger partial charge in [0.1, 0.15) is 0 Å². The highest BCUT2D eigenvalue weighted by Crippen LogP contribution is 2.33. The highest BCUT2D eigenvalue weighted by molar-refractivity contribution is 6.17. The van der Waals surface area contributed by atoms with Gasteiger partial charge in [0.15, 0.2) is 0 Å². The number of nitrogens with two attached hydrogens (primary N) is 1. The molecule has 0 bridgehead atoms. The van der Waals surface area contributed by atoms with Gasteiger partial charge >= 0.3 is 0 Å². The summed E-state index contributed by atoms with van der Waals surface area (Å²) in [5.41, 5.74) is 10.9. The second-order valence-electron chi connectivity index (χ2n) is 8.20. The van der Waals surface area contributed by atoms with Crippen LogP contribution in [0.4, 0.5) is 0 Å². The molecule has 0 saturated heterocycles. The maximum atomic E-state index is 12.2. The minimum absolute atomic E-state index is 0.404. The standard InChI is InChI=1S/C28H25N2O/c1-2-3-7-19-13-15-23-26(17-19)30(25-11-6-10-24(27(23)25)28(29)31)18-20-12-14-21-8-4-5-9-22(21)16-20/h4-6,8-14,16-17H,2-3,7,18H2,1H3,(H2,29,31). The Bertz CT molecular complexity index is 1430. The van der Waals surface area contributed by atoms with Gasteiger partial charge in [-0.3, -0.25) is 4.79 Å². The molecule has 5 aromatic rings. The van der Waals surface area contributed by atoms with Crippen molar-refractivity contribution in [2.75, 3.05) is 0 Å². The third-order valence-electron chi connectivity index (χ3n) is 6.09. The van der Waals surface area contributed by atoms with Crippen LogP contribution in [0.3, 0.4) is 0 Å². The summed E-state index contributed by atoms with van der Waals surface area (Å²) in [5.74, 6) is -0.404. The zero-order chi connectivity index (χ0) is 21.4. The van der Waals surface area contributed by atoms with Crippen molar-refractivity contribution in [2.24, 2.45) is 5.73 Å². The number of fused-ring (bicyclic) bond motifs is 4. The van der Waals surface area contributed by atoms with Crippen LogP contribution in [0.15, 0.2) is 72.8 Å². The molecule has 0 unspecified atom stereocenters. The first-order valence-electron chi connectivity index (χ1n) is 10.9. The zero-order valence-electron chi connectivity index (χ0n) is 17.7. The minimum Gasteiger partial charge on any atom is -0.366 e. The summed E-state index contributed by atoms with van der Waals surface area (Å²) in [5, 5.41) is 4.33. The molecule has 1 radical (unpaired) electrons. The number of carbonyl (C=O) groups excluding carboxylic acids is 1. The molecule has 31 heavy (non-hydrogen) atoms. The van der Waals surface area contributed by atoms with Crippen LogP contribution in [-0.4, -0.2) is 10.5 Å². The van der Waals surface area contributed by atoms with Gasteiger partial charge in [-0.25, -0.2) is 0 Å². The maximum absolute atomic E-state index is 12.2. The predicted octanol–water partition coefficient (Wildman–Crippen LogP) is 6.24. The summed E-state index contributed by atoms with van der Waals surface area (Å²) in [4.78, 5) is 12.2. The van der Waals surface area contributed by atoms with Crippen molar-refractivity contribution in [3.05, 3.63) is 95.6 Å². The van der Waals surface area contributed by atoms with Crippen LogP contribution in [-0.2, 0) is 13.0 Å². The topological polar surface area (TPSA) is 48.0 Å². The highest BCUT2D eigenvalue weighted by atomic mass is 16.1. The van der Waals surface area contributed by atoms with Crippen LogP contribution >= 0.6 is 0 Å². The average molecular weight is 406 g/mol. The van der Waals surface area contributed by atoms with Crippen molar-refractivity contribution >= 4 is 38.5 Å². The third kappa shape index (κ3) is 3.46. The molecule has 0 aliphatic heterocycles. The molecule has 153 valence electrons. The van der Waals surface area contributed by atoms with E-state index in [1.165, 1.54) is 21.9 Å². The fourth-order valence-electron chi connectivity index (χ4n) is 4.52. The van der Waals surface area contributed by atoms with Crippen molar-refractivity contribution < 1.29 is 4.79 Å². The molecule has 1 amide bonds. The Kier molecular flexibility index (Phi) is 4.95. The molecule has 0 atom stereocenters. The maximum Gasteiger partial charge on any atom is 0.249 e. The van der Waals surface area contributed by atoms with Crippen molar-refractivity contribution in [3.8, 4) is 0 Å². The van der Waals surface area contributed by atoms with Crippen molar-refractivity contribution in [1.29, 1.82) is 0 Å². The number of aryl methyl sites for hydroxylation is 1. The monoisotopic (exact) mass is 405 g/mol. The molecule has 5 rings (SSSR count). The Morgan fingerprint density at radius 1 is 0.935 bits per heavy atom. The summed E-state index contributed by atoms with van der Waals surface area (Å²) < 4.78 is 2.30. The molecular formula is C28H25N2O. The van der Waals surface area contributed by atoms with Gasteiger partial charge in [-0.05, 0) is 65.1 Å². The van der Waals surface area contributed by atoms with Crippen molar-refractivity contribution in [1.82, 2.24) is 4.57 Å². The Morgan fingerprint density at radius 3 is 2.58 bits per heavy atom. The lowest BCUT2D eigenvalue weighted by Gasteiger charge is -2.10. The number of nitrogens with zero attached hydrogens (tertiary/aromatic N) is 1. The summed E-state index contributed by atoms with van der Waals surface area (Å²) in [7, 11) is 0. The minimum atomic E-state index is -0.404. The van der Waals surface area contributed by atoms with E-state index < -0.39 is 5.91 Å². The number of rotatable bonds is 6. The van der Waals surface area contributed by atoms with Gasteiger partial charge in [0.2, 0.25) is 5.91 Å². The largest absolute Gasteiger partial charge is 0.366 e. The molecule has 0 aliphatic rings. The Labute approximate surface area is 182 Å². The first kappa shape index (κ1) is 19.4. The lowest BCUT2D eigenvalue weighted by molar-refractivity contribution is 0.100. The molecule has 3 nitrogen and oxygen atoms in total. The van der Waals surface area contributed by atoms with Gasteiger partial charge in [0.05, 0.1) is 11.0 Å². The number of hydrogen-bond acceptors (Lipinski definition) is 1. The first-order valence-corrected chi connectivity index (χ1v) is 10.9. The van der Waals surface area contributed by atoms with Crippen LogP contribution < -0.4 is 5.73 Å². The Morgan fingerprint density at radius 2 is 1.77 bits per heavy atom. The number of primary amides is 1.